The number of anilines is 1. The largest absolute Gasteiger partial charge is 0.436 e. The van der Waals surface area contributed by atoms with E-state index in [0.717, 1.165) is 36.3 Å². The Morgan fingerprint density at radius 1 is 1.07 bits per heavy atom. The number of ether oxygens (including phenoxy) is 1. The smallest absolute Gasteiger partial charge is 0.255 e. The van der Waals surface area contributed by atoms with E-state index in [1.165, 1.54) is 12.1 Å². The lowest BCUT2D eigenvalue weighted by Gasteiger charge is -2.23. The van der Waals surface area contributed by atoms with E-state index in [9.17, 15) is 14.4 Å². The van der Waals surface area contributed by atoms with Crippen LogP contribution in [-0.2, 0) is 14.4 Å². The molecule has 0 unspecified atom stereocenters. The second-order valence-corrected chi connectivity index (χ2v) is 8.30. The summed E-state index contributed by atoms with van der Waals surface area (Å²) in [6.07, 6.45) is 5.63. The fraction of sp³-hybridized carbons (Fsp3) is 0.381. The van der Waals surface area contributed by atoms with Gasteiger partial charge in [0.2, 0.25) is 5.90 Å². The SMILES string of the molecule is CC1=NN(c2cc(Cl)c(OC3=NCC(=O)C(C4CCCC4)=C3)c(Cl)c2)C(=O)CC1=O. The number of ketones is 2. The maximum Gasteiger partial charge on any atom is 0.255 e. The number of Topliss-reactive ketones (excluding diaryl/α,β-unsaturated/α-hetero) is 2. The summed E-state index contributed by atoms with van der Waals surface area (Å²) in [4.78, 5) is 40.3. The van der Waals surface area contributed by atoms with Crippen LogP contribution < -0.4 is 9.75 Å². The number of rotatable bonds is 3. The highest BCUT2D eigenvalue weighted by molar-refractivity contribution is 6.44. The summed E-state index contributed by atoms with van der Waals surface area (Å²) in [6.45, 7) is 1.58. The minimum Gasteiger partial charge on any atom is -0.436 e. The molecule has 9 heteroatoms. The van der Waals surface area contributed by atoms with Crippen LogP contribution in [0.15, 0.2) is 33.9 Å². The zero-order chi connectivity index (χ0) is 21.4. The summed E-state index contributed by atoms with van der Waals surface area (Å²) in [6, 6.07) is 2.98. The lowest BCUT2D eigenvalue weighted by molar-refractivity contribution is -0.124. The van der Waals surface area contributed by atoms with E-state index in [1.54, 1.807) is 13.0 Å². The summed E-state index contributed by atoms with van der Waals surface area (Å²) in [5, 5.41) is 5.45. The van der Waals surface area contributed by atoms with E-state index >= 15 is 0 Å². The third-order valence-corrected chi connectivity index (χ3v) is 5.97. The topological polar surface area (TPSA) is 88.4 Å². The number of carbonyl (C=O) groups is 3. The Labute approximate surface area is 183 Å². The molecule has 1 saturated carbocycles. The van der Waals surface area contributed by atoms with Crippen molar-refractivity contribution in [2.45, 2.75) is 39.0 Å². The summed E-state index contributed by atoms with van der Waals surface area (Å²) < 4.78 is 5.83. The fourth-order valence-electron chi connectivity index (χ4n) is 3.82. The van der Waals surface area contributed by atoms with Gasteiger partial charge in [-0.1, -0.05) is 36.0 Å². The number of hydrogen-bond donors (Lipinski definition) is 0. The molecule has 0 bridgehead atoms. The molecule has 0 aromatic heterocycles. The molecular weight excluding hydrogens is 429 g/mol. The van der Waals surface area contributed by atoms with Gasteiger partial charge in [0.1, 0.15) is 12.3 Å². The van der Waals surface area contributed by atoms with E-state index in [1.807, 2.05) is 0 Å². The van der Waals surface area contributed by atoms with Gasteiger partial charge in [-0.2, -0.15) is 10.1 Å². The van der Waals surface area contributed by atoms with Crippen LogP contribution in [0, 0.1) is 5.92 Å². The Bertz CT molecular complexity index is 1020. The Kier molecular flexibility index (Phi) is 5.75. The number of dihydropyridines is 1. The van der Waals surface area contributed by atoms with Crippen molar-refractivity contribution in [3.05, 3.63) is 33.8 Å². The van der Waals surface area contributed by atoms with E-state index in [0.29, 0.717) is 5.69 Å². The van der Waals surface area contributed by atoms with Crippen molar-refractivity contribution in [2.75, 3.05) is 11.6 Å². The number of hydrogen-bond acceptors (Lipinski definition) is 6. The standard InChI is InChI=1S/C21H19Cl2N3O4/c1-11-17(27)9-20(29)26(25-11)13-6-15(22)21(16(23)7-13)30-19-8-14(18(28)10-24-19)12-4-2-3-5-12/h6-8,12H,2-5,9-10H2,1H3. The van der Waals surface area contributed by atoms with Crippen LogP contribution in [0.25, 0.3) is 0 Å². The van der Waals surface area contributed by atoms with Gasteiger partial charge in [0.15, 0.2) is 17.3 Å². The van der Waals surface area contributed by atoms with Crippen LogP contribution in [0.5, 0.6) is 5.75 Å². The first-order valence-electron chi connectivity index (χ1n) is 9.71. The molecule has 0 radical (unpaired) electrons. The lowest BCUT2D eigenvalue weighted by Crippen LogP contribution is -2.36. The van der Waals surface area contributed by atoms with Gasteiger partial charge in [0.25, 0.3) is 5.91 Å². The molecule has 156 valence electrons. The summed E-state index contributed by atoms with van der Waals surface area (Å²) in [5.41, 5.74) is 1.31. The minimum atomic E-state index is -0.467. The van der Waals surface area contributed by atoms with E-state index in [4.69, 9.17) is 27.9 Å². The molecule has 1 amide bonds. The Morgan fingerprint density at radius 2 is 1.73 bits per heavy atom. The molecular formula is C21H19Cl2N3O4. The van der Waals surface area contributed by atoms with Crippen LogP contribution in [0.2, 0.25) is 10.0 Å². The second-order valence-electron chi connectivity index (χ2n) is 7.49. The van der Waals surface area contributed by atoms with Crippen molar-refractivity contribution in [3.63, 3.8) is 0 Å². The zero-order valence-electron chi connectivity index (χ0n) is 16.3. The normalized spacial score (nSPS) is 20.3. The number of carbonyl (C=O) groups excluding carboxylic acids is 3. The number of aliphatic imine (C=N–C) groups is 1. The van der Waals surface area contributed by atoms with Crippen LogP contribution in [0.3, 0.4) is 0 Å². The summed E-state index contributed by atoms with van der Waals surface area (Å²) in [5.74, 6) is -0.0594. The van der Waals surface area contributed by atoms with Gasteiger partial charge in [-0.3, -0.25) is 14.4 Å². The Morgan fingerprint density at radius 3 is 2.40 bits per heavy atom. The molecule has 0 atom stereocenters. The third-order valence-electron chi connectivity index (χ3n) is 5.41. The van der Waals surface area contributed by atoms with Gasteiger partial charge in [-0.15, -0.1) is 0 Å². The van der Waals surface area contributed by atoms with E-state index in [-0.39, 0.29) is 57.9 Å². The molecule has 0 saturated heterocycles. The van der Waals surface area contributed by atoms with E-state index in [2.05, 4.69) is 10.1 Å². The molecule has 3 aliphatic rings. The van der Waals surface area contributed by atoms with E-state index < -0.39 is 5.91 Å². The average Bonchev–Trinajstić information content (AvgIpc) is 3.23. The number of nitrogens with zero attached hydrogens (tertiary/aromatic N) is 3. The first kappa shape index (κ1) is 20.8. The Balaban J connectivity index is 1.59. The van der Waals surface area contributed by atoms with Crippen molar-refractivity contribution in [1.29, 1.82) is 0 Å². The first-order valence-corrected chi connectivity index (χ1v) is 10.5. The van der Waals surface area contributed by atoms with Gasteiger partial charge in [-0.25, -0.2) is 4.99 Å². The van der Waals surface area contributed by atoms with Gasteiger partial charge >= 0.3 is 0 Å². The molecule has 1 aromatic rings. The summed E-state index contributed by atoms with van der Waals surface area (Å²) in [7, 11) is 0. The average molecular weight is 448 g/mol. The van der Waals surface area contributed by atoms with Crippen LogP contribution >= 0.6 is 23.2 Å². The highest BCUT2D eigenvalue weighted by Crippen LogP contribution is 2.39. The summed E-state index contributed by atoms with van der Waals surface area (Å²) >= 11 is 12.7. The number of benzene rings is 1. The predicted molar refractivity (Wildman–Crippen MR) is 115 cm³/mol. The predicted octanol–water partition coefficient (Wildman–Crippen LogP) is 4.15. The molecule has 0 spiro atoms. The zero-order valence-corrected chi connectivity index (χ0v) is 17.8. The second kappa shape index (κ2) is 8.32. The lowest BCUT2D eigenvalue weighted by atomic mass is 9.92. The van der Waals surface area contributed by atoms with Crippen LogP contribution in [0.4, 0.5) is 5.69 Å². The third kappa shape index (κ3) is 4.04. The van der Waals surface area contributed by atoms with Gasteiger partial charge < -0.3 is 4.74 Å². The van der Waals surface area contributed by atoms with Crippen LogP contribution in [0.1, 0.15) is 39.0 Å². The molecule has 7 nitrogen and oxygen atoms in total. The maximum absolute atomic E-state index is 12.3. The minimum absolute atomic E-state index is 0.0215. The molecule has 1 aliphatic carbocycles. The monoisotopic (exact) mass is 447 g/mol. The molecule has 2 aliphatic heterocycles. The number of amides is 1. The quantitative estimate of drug-likeness (QED) is 0.650. The molecule has 2 heterocycles. The highest BCUT2D eigenvalue weighted by atomic mass is 35.5. The van der Waals surface area contributed by atoms with Crippen molar-refractivity contribution in [3.8, 4) is 5.75 Å². The highest BCUT2D eigenvalue weighted by Gasteiger charge is 2.29. The first-order chi connectivity index (χ1) is 14.3. The maximum atomic E-state index is 12.3. The van der Waals surface area contributed by atoms with Gasteiger partial charge in [0.05, 0.1) is 22.2 Å². The van der Waals surface area contributed by atoms with Crippen LogP contribution in [-0.4, -0.2) is 35.6 Å². The molecule has 0 N–H and O–H groups in total. The van der Waals surface area contributed by atoms with Gasteiger partial charge in [-0.05, 0) is 37.8 Å². The fourth-order valence-corrected chi connectivity index (χ4v) is 4.37. The number of hydrazone groups is 1. The van der Waals surface area contributed by atoms with Gasteiger partial charge in [0, 0.05) is 11.6 Å². The molecule has 1 fully saturated rings. The van der Waals surface area contributed by atoms with Crippen molar-refractivity contribution >= 4 is 58.0 Å². The van der Waals surface area contributed by atoms with Crippen molar-refractivity contribution in [1.82, 2.24) is 0 Å². The molecule has 4 rings (SSSR count). The molecule has 30 heavy (non-hydrogen) atoms. The number of halogens is 2. The van der Waals surface area contributed by atoms with Crippen molar-refractivity contribution in [2.24, 2.45) is 16.0 Å². The Hall–Kier alpha value is -2.51. The molecule has 1 aromatic carbocycles. The van der Waals surface area contributed by atoms with Crippen molar-refractivity contribution < 1.29 is 19.1 Å².